The quantitative estimate of drug-likeness (QED) is 0.797. The molecule has 1 aromatic heterocycles. The van der Waals surface area contributed by atoms with Crippen molar-refractivity contribution in [2.75, 3.05) is 0 Å². The summed E-state index contributed by atoms with van der Waals surface area (Å²) in [4.78, 5) is 14.6. The van der Waals surface area contributed by atoms with Gasteiger partial charge in [-0.15, -0.1) is 0 Å². The van der Waals surface area contributed by atoms with Crippen molar-refractivity contribution in [3.63, 3.8) is 0 Å². The van der Waals surface area contributed by atoms with Crippen LogP contribution in [0, 0.1) is 5.82 Å². The Kier molecular flexibility index (Phi) is 2.91. The van der Waals surface area contributed by atoms with Crippen molar-refractivity contribution < 1.29 is 18.3 Å². The van der Waals surface area contributed by atoms with E-state index < -0.39 is 11.8 Å². The van der Waals surface area contributed by atoms with E-state index in [4.69, 9.17) is 9.15 Å². The van der Waals surface area contributed by atoms with Crippen LogP contribution in [0.25, 0.3) is 11.1 Å². The number of halogens is 2. The van der Waals surface area contributed by atoms with Crippen molar-refractivity contribution in [3.8, 4) is 0 Å². The molecule has 0 saturated heterocycles. The van der Waals surface area contributed by atoms with E-state index in [1.807, 2.05) is 0 Å². The normalized spacial score (nSPS) is 10.7. The van der Waals surface area contributed by atoms with Gasteiger partial charge in [-0.25, -0.2) is 9.37 Å². The summed E-state index contributed by atoms with van der Waals surface area (Å²) in [7, 11) is 0. The Morgan fingerprint density at radius 1 is 1.62 bits per heavy atom. The van der Waals surface area contributed by atoms with E-state index in [0.29, 0.717) is 15.6 Å². The summed E-state index contributed by atoms with van der Waals surface area (Å²) in [6, 6.07) is 2.53. The van der Waals surface area contributed by atoms with Gasteiger partial charge in [-0.1, -0.05) is 0 Å². The number of rotatable bonds is 2. The minimum atomic E-state index is -0.424. The first-order valence-electron chi connectivity index (χ1n) is 4.44. The molecular weight excluding hydrogens is 281 g/mol. The molecule has 0 aliphatic carbocycles. The minimum absolute atomic E-state index is 0.0575. The van der Waals surface area contributed by atoms with Crippen LogP contribution in [0.2, 0.25) is 0 Å². The monoisotopic (exact) mass is 287 g/mol. The molecule has 1 heterocycles. The number of nitrogens with zero attached hydrogens (tertiary/aromatic N) is 1. The summed E-state index contributed by atoms with van der Waals surface area (Å²) in [5.74, 6) is -0.601. The Labute approximate surface area is 98.5 Å². The number of hydrogen-bond acceptors (Lipinski definition) is 4. The zero-order valence-corrected chi connectivity index (χ0v) is 9.88. The molecule has 0 fully saturated rings. The lowest BCUT2D eigenvalue weighted by Crippen LogP contribution is -1.98. The van der Waals surface area contributed by atoms with Gasteiger partial charge in [-0.3, -0.25) is 4.79 Å². The van der Waals surface area contributed by atoms with E-state index >= 15 is 0 Å². The first-order valence-corrected chi connectivity index (χ1v) is 5.23. The van der Waals surface area contributed by atoms with E-state index in [-0.39, 0.29) is 12.5 Å². The molecule has 0 unspecified atom stereocenters. The van der Waals surface area contributed by atoms with Crippen LogP contribution in [0.15, 0.2) is 21.0 Å². The molecule has 0 bridgehead atoms. The van der Waals surface area contributed by atoms with Crippen LogP contribution in [0.1, 0.15) is 12.8 Å². The molecule has 0 spiro atoms. The number of esters is 1. The predicted molar refractivity (Wildman–Crippen MR) is 57.1 cm³/mol. The molecule has 0 saturated carbocycles. The van der Waals surface area contributed by atoms with Crippen molar-refractivity contribution >= 4 is 33.0 Å². The molecule has 2 rings (SSSR count). The summed E-state index contributed by atoms with van der Waals surface area (Å²) in [6.07, 6.45) is 0. The fraction of sp³-hybridized carbons (Fsp3) is 0.200. The molecule has 0 radical (unpaired) electrons. The number of carbonyl (C=O) groups is 1. The van der Waals surface area contributed by atoms with E-state index in [1.54, 1.807) is 0 Å². The zero-order chi connectivity index (χ0) is 11.7. The van der Waals surface area contributed by atoms with Crippen LogP contribution < -0.4 is 0 Å². The van der Waals surface area contributed by atoms with Crippen molar-refractivity contribution in [2.24, 2.45) is 0 Å². The maximum Gasteiger partial charge on any atom is 0.303 e. The Bertz CT molecular complexity index is 552. The second-order valence-corrected chi connectivity index (χ2v) is 3.98. The molecule has 0 aliphatic heterocycles. The predicted octanol–water partition coefficient (Wildman–Crippen LogP) is 2.79. The van der Waals surface area contributed by atoms with Crippen molar-refractivity contribution in [1.29, 1.82) is 0 Å². The van der Waals surface area contributed by atoms with E-state index in [9.17, 15) is 9.18 Å². The lowest BCUT2D eigenvalue weighted by molar-refractivity contribution is -0.142. The lowest BCUT2D eigenvalue weighted by Gasteiger charge is -1.95. The second-order valence-electron chi connectivity index (χ2n) is 3.12. The van der Waals surface area contributed by atoms with Gasteiger partial charge in [0.15, 0.2) is 12.2 Å². The Balaban J connectivity index is 2.36. The Morgan fingerprint density at radius 3 is 3.06 bits per heavy atom. The van der Waals surface area contributed by atoms with Crippen LogP contribution in [-0.4, -0.2) is 11.0 Å². The molecule has 84 valence electrons. The number of benzene rings is 1. The molecule has 0 N–H and O–H groups in total. The molecular formula is C10H7BrFNO3. The molecule has 0 atom stereocenters. The highest BCUT2D eigenvalue weighted by atomic mass is 79.9. The van der Waals surface area contributed by atoms with Gasteiger partial charge in [-0.2, -0.15) is 0 Å². The maximum atomic E-state index is 13.0. The average Bonchev–Trinajstić information content (AvgIpc) is 2.57. The number of oxazole rings is 1. The third-order valence-corrected chi connectivity index (χ3v) is 2.44. The van der Waals surface area contributed by atoms with Crippen molar-refractivity contribution in [3.05, 3.63) is 28.3 Å². The smallest absolute Gasteiger partial charge is 0.303 e. The molecule has 16 heavy (non-hydrogen) atoms. The van der Waals surface area contributed by atoms with Gasteiger partial charge in [-0.05, 0) is 22.0 Å². The zero-order valence-electron chi connectivity index (χ0n) is 8.29. The van der Waals surface area contributed by atoms with Gasteiger partial charge in [0.05, 0.1) is 4.47 Å². The standard InChI is InChI=1S/C10H7BrFNO3/c1-5(14)15-4-9-13-8-3-6(12)2-7(11)10(8)16-9/h2-3H,4H2,1H3. The first-order chi connectivity index (χ1) is 7.56. The number of fused-ring (bicyclic) bond motifs is 1. The number of aromatic nitrogens is 1. The lowest BCUT2D eigenvalue weighted by atomic mass is 10.3. The third kappa shape index (κ3) is 2.21. The number of hydrogen-bond donors (Lipinski definition) is 0. The van der Waals surface area contributed by atoms with Gasteiger partial charge in [0.25, 0.3) is 0 Å². The van der Waals surface area contributed by atoms with Gasteiger partial charge in [0, 0.05) is 13.0 Å². The fourth-order valence-corrected chi connectivity index (χ4v) is 1.73. The second kappa shape index (κ2) is 4.21. The Hall–Kier alpha value is -1.43. The summed E-state index contributed by atoms with van der Waals surface area (Å²) in [5.41, 5.74) is 0.817. The van der Waals surface area contributed by atoms with Crippen LogP contribution in [-0.2, 0) is 16.1 Å². The van der Waals surface area contributed by atoms with Gasteiger partial charge in [0.2, 0.25) is 5.89 Å². The number of ether oxygens (including phenoxy) is 1. The van der Waals surface area contributed by atoms with Gasteiger partial charge in [0.1, 0.15) is 11.3 Å². The van der Waals surface area contributed by atoms with Crippen molar-refractivity contribution in [2.45, 2.75) is 13.5 Å². The molecule has 1 aromatic carbocycles. The maximum absolute atomic E-state index is 13.0. The molecule has 4 nitrogen and oxygen atoms in total. The SMILES string of the molecule is CC(=O)OCc1nc2cc(F)cc(Br)c2o1. The van der Waals surface area contributed by atoms with Crippen molar-refractivity contribution in [1.82, 2.24) is 4.98 Å². The van der Waals surface area contributed by atoms with Gasteiger partial charge < -0.3 is 9.15 Å². The summed E-state index contributed by atoms with van der Waals surface area (Å²) in [5, 5.41) is 0. The third-order valence-electron chi connectivity index (χ3n) is 1.85. The highest BCUT2D eigenvalue weighted by Gasteiger charge is 2.11. The highest BCUT2D eigenvalue weighted by Crippen LogP contribution is 2.26. The molecule has 0 amide bonds. The van der Waals surface area contributed by atoms with Crippen LogP contribution in [0.4, 0.5) is 4.39 Å². The first kappa shape index (κ1) is 11.1. The summed E-state index contributed by atoms with van der Waals surface area (Å²) >= 11 is 3.16. The summed E-state index contributed by atoms with van der Waals surface area (Å²) in [6.45, 7) is 1.23. The molecule has 6 heteroatoms. The molecule has 0 aliphatic rings. The largest absolute Gasteiger partial charge is 0.456 e. The number of carbonyl (C=O) groups excluding carboxylic acids is 1. The Morgan fingerprint density at radius 2 is 2.38 bits per heavy atom. The van der Waals surface area contributed by atoms with E-state index in [0.717, 1.165) is 0 Å². The molecule has 2 aromatic rings. The highest BCUT2D eigenvalue weighted by molar-refractivity contribution is 9.10. The average molecular weight is 288 g/mol. The fourth-order valence-electron chi connectivity index (χ4n) is 1.23. The van der Waals surface area contributed by atoms with Crippen LogP contribution >= 0.6 is 15.9 Å². The van der Waals surface area contributed by atoms with Crippen LogP contribution in [0.3, 0.4) is 0 Å². The minimum Gasteiger partial charge on any atom is -0.456 e. The van der Waals surface area contributed by atoms with E-state index in [1.165, 1.54) is 19.1 Å². The topological polar surface area (TPSA) is 52.3 Å². The van der Waals surface area contributed by atoms with E-state index in [2.05, 4.69) is 20.9 Å². The van der Waals surface area contributed by atoms with Gasteiger partial charge >= 0.3 is 5.97 Å². The summed E-state index contributed by atoms with van der Waals surface area (Å²) < 4.78 is 23.5. The van der Waals surface area contributed by atoms with Crippen LogP contribution in [0.5, 0.6) is 0 Å².